The van der Waals surface area contributed by atoms with Gasteiger partial charge < -0.3 is 5.32 Å². The highest BCUT2D eigenvalue weighted by Gasteiger charge is 2.19. The van der Waals surface area contributed by atoms with E-state index in [9.17, 15) is 4.79 Å². The zero-order valence-corrected chi connectivity index (χ0v) is 12.4. The van der Waals surface area contributed by atoms with Gasteiger partial charge in [-0.05, 0) is 30.4 Å². The summed E-state index contributed by atoms with van der Waals surface area (Å²) in [6.45, 7) is 0. The van der Waals surface area contributed by atoms with E-state index in [4.69, 9.17) is 0 Å². The Morgan fingerprint density at radius 2 is 2.20 bits per heavy atom. The Morgan fingerprint density at radius 3 is 2.90 bits per heavy atom. The third-order valence-electron chi connectivity index (χ3n) is 3.83. The first-order valence-corrected chi connectivity index (χ1v) is 8.01. The van der Waals surface area contributed by atoms with Gasteiger partial charge in [-0.3, -0.25) is 9.48 Å². The van der Waals surface area contributed by atoms with Crippen molar-refractivity contribution in [2.45, 2.75) is 38.1 Å². The highest BCUT2D eigenvalue weighted by Crippen LogP contribution is 2.24. The lowest BCUT2D eigenvalue weighted by Gasteiger charge is -2.22. The van der Waals surface area contributed by atoms with Crippen molar-refractivity contribution in [3.63, 3.8) is 0 Å². The third kappa shape index (κ3) is 2.77. The monoisotopic (exact) mass is 289 g/mol. The molecule has 4 nitrogen and oxygen atoms in total. The Morgan fingerprint density at radius 1 is 1.40 bits per heavy atom. The second-order valence-corrected chi connectivity index (χ2v) is 6.27. The zero-order chi connectivity index (χ0) is 13.9. The summed E-state index contributed by atoms with van der Waals surface area (Å²) in [5, 5.41) is 9.59. The van der Waals surface area contributed by atoms with Crippen LogP contribution in [-0.2, 0) is 7.05 Å². The van der Waals surface area contributed by atoms with Crippen LogP contribution < -0.4 is 5.32 Å². The van der Waals surface area contributed by atoms with Gasteiger partial charge in [-0.15, -0.1) is 11.3 Å². The minimum absolute atomic E-state index is 0.00490. The van der Waals surface area contributed by atoms with E-state index >= 15 is 0 Å². The zero-order valence-electron chi connectivity index (χ0n) is 11.6. The molecule has 1 saturated carbocycles. The van der Waals surface area contributed by atoms with E-state index in [2.05, 4.69) is 10.4 Å². The van der Waals surface area contributed by atoms with Gasteiger partial charge in [0.05, 0.1) is 4.88 Å². The van der Waals surface area contributed by atoms with Crippen LogP contribution in [0.15, 0.2) is 23.6 Å². The van der Waals surface area contributed by atoms with Crippen LogP contribution in [0, 0.1) is 0 Å². The first-order valence-electron chi connectivity index (χ1n) is 7.13. The standard InChI is InChI=1S/C15H19N3OS/c1-18-13(10-12(17-18)14-8-5-9-20-14)15(19)16-11-6-3-2-4-7-11/h5,8-11H,2-4,6-7H2,1H3,(H,16,19). The molecule has 0 bridgehead atoms. The molecule has 2 heterocycles. The first-order chi connectivity index (χ1) is 9.74. The van der Waals surface area contributed by atoms with Crippen molar-refractivity contribution in [2.75, 3.05) is 0 Å². The second kappa shape index (κ2) is 5.79. The average molecular weight is 289 g/mol. The normalized spacial score (nSPS) is 16.2. The topological polar surface area (TPSA) is 46.9 Å². The third-order valence-corrected chi connectivity index (χ3v) is 4.72. The summed E-state index contributed by atoms with van der Waals surface area (Å²) in [6, 6.07) is 6.23. The van der Waals surface area contributed by atoms with Gasteiger partial charge in [0, 0.05) is 13.1 Å². The van der Waals surface area contributed by atoms with Crippen LogP contribution >= 0.6 is 11.3 Å². The fraction of sp³-hybridized carbons (Fsp3) is 0.467. The van der Waals surface area contributed by atoms with Gasteiger partial charge >= 0.3 is 0 Å². The van der Waals surface area contributed by atoms with Gasteiger partial charge in [-0.25, -0.2) is 0 Å². The number of nitrogens with zero attached hydrogens (tertiary/aromatic N) is 2. The van der Waals surface area contributed by atoms with Crippen molar-refractivity contribution in [2.24, 2.45) is 7.05 Å². The predicted molar refractivity (Wildman–Crippen MR) is 80.9 cm³/mol. The predicted octanol–water partition coefficient (Wildman–Crippen LogP) is 3.21. The fourth-order valence-electron chi connectivity index (χ4n) is 2.73. The molecule has 20 heavy (non-hydrogen) atoms. The number of rotatable bonds is 3. The molecule has 0 radical (unpaired) electrons. The van der Waals surface area contributed by atoms with E-state index in [0.717, 1.165) is 23.4 Å². The Balaban J connectivity index is 1.74. The summed E-state index contributed by atoms with van der Waals surface area (Å²) in [5.41, 5.74) is 1.51. The minimum Gasteiger partial charge on any atom is -0.348 e. The molecule has 0 spiro atoms. The molecule has 0 atom stereocenters. The molecule has 1 aliphatic rings. The van der Waals surface area contributed by atoms with E-state index in [1.54, 1.807) is 16.0 Å². The van der Waals surface area contributed by atoms with Crippen molar-refractivity contribution >= 4 is 17.2 Å². The lowest BCUT2D eigenvalue weighted by atomic mass is 9.95. The van der Waals surface area contributed by atoms with Crippen molar-refractivity contribution in [3.05, 3.63) is 29.3 Å². The van der Waals surface area contributed by atoms with E-state index < -0.39 is 0 Å². The SMILES string of the molecule is Cn1nc(-c2cccs2)cc1C(=O)NC1CCCCC1. The molecule has 1 N–H and O–H groups in total. The van der Waals surface area contributed by atoms with Crippen LogP contribution in [0.3, 0.4) is 0 Å². The molecule has 1 fully saturated rings. The van der Waals surface area contributed by atoms with Gasteiger partial charge in [0.1, 0.15) is 11.4 Å². The van der Waals surface area contributed by atoms with E-state index in [1.165, 1.54) is 19.3 Å². The Bertz CT molecular complexity index is 582. The summed E-state index contributed by atoms with van der Waals surface area (Å²) in [7, 11) is 1.83. The molecule has 3 rings (SSSR count). The Kier molecular flexibility index (Phi) is 3.87. The molecular formula is C15H19N3OS. The number of aromatic nitrogens is 2. The molecule has 1 amide bonds. The first kappa shape index (κ1) is 13.4. The molecule has 1 aliphatic carbocycles. The van der Waals surface area contributed by atoms with Crippen molar-refractivity contribution in [3.8, 4) is 10.6 Å². The van der Waals surface area contributed by atoms with Crippen LogP contribution in [0.2, 0.25) is 0 Å². The molecule has 2 aromatic rings. The van der Waals surface area contributed by atoms with Crippen molar-refractivity contribution in [1.82, 2.24) is 15.1 Å². The largest absolute Gasteiger partial charge is 0.348 e. The molecule has 0 aromatic carbocycles. The Labute approximate surface area is 122 Å². The number of nitrogens with one attached hydrogen (secondary N) is 1. The summed E-state index contributed by atoms with van der Waals surface area (Å²) in [5.74, 6) is -0.00490. The maximum Gasteiger partial charge on any atom is 0.269 e. The smallest absolute Gasteiger partial charge is 0.269 e. The molecule has 106 valence electrons. The summed E-state index contributed by atoms with van der Waals surface area (Å²) >= 11 is 1.64. The van der Waals surface area contributed by atoms with Crippen LogP contribution in [0.25, 0.3) is 10.6 Å². The van der Waals surface area contributed by atoms with Gasteiger partial charge in [-0.1, -0.05) is 25.3 Å². The van der Waals surface area contributed by atoms with Crippen LogP contribution in [-0.4, -0.2) is 21.7 Å². The van der Waals surface area contributed by atoms with Gasteiger partial charge in [0.15, 0.2) is 0 Å². The van der Waals surface area contributed by atoms with E-state index in [0.29, 0.717) is 11.7 Å². The van der Waals surface area contributed by atoms with Gasteiger partial charge in [0.2, 0.25) is 0 Å². The molecule has 0 aliphatic heterocycles. The van der Waals surface area contributed by atoms with Crippen LogP contribution in [0.5, 0.6) is 0 Å². The summed E-state index contributed by atoms with van der Waals surface area (Å²) < 4.78 is 1.67. The van der Waals surface area contributed by atoms with Crippen molar-refractivity contribution in [1.29, 1.82) is 0 Å². The molecular weight excluding hydrogens is 270 g/mol. The maximum atomic E-state index is 12.3. The van der Waals surface area contributed by atoms with Gasteiger partial charge in [-0.2, -0.15) is 5.10 Å². The van der Waals surface area contributed by atoms with Crippen LogP contribution in [0.1, 0.15) is 42.6 Å². The fourth-order valence-corrected chi connectivity index (χ4v) is 3.41. The number of amides is 1. The number of thiophene rings is 1. The number of hydrogen-bond donors (Lipinski definition) is 1. The second-order valence-electron chi connectivity index (χ2n) is 5.32. The van der Waals surface area contributed by atoms with Crippen molar-refractivity contribution < 1.29 is 4.79 Å². The quantitative estimate of drug-likeness (QED) is 0.943. The lowest BCUT2D eigenvalue weighted by molar-refractivity contribution is 0.0918. The van der Waals surface area contributed by atoms with E-state index in [-0.39, 0.29) is 5.91 Å². The lowest BCUT2D eigenvalue weighted by Crippen LogP contribution is -2.37. The van der Waals surface area contributed by atoms with Crippen LogP contribution in [0.4, 0.5) is 0 Å². The molecule has 0 unspecified atom stereocenters. The molecule has 2 aromatic heterocycles. The summed E-state index contributed by atoms with van der Waals surface area (Å²) in [6.07, 6.45) is 5.93. The number of carbonyl (C=O) groups is 1. The number of carbonyl (C=O) groups excluding carboxylic acids is 1. The number of aryl methyl sites for hydroxylation is 1. The van der Waals surface area contributed by atoms with Gasteiger partial charge in [0.25, 0.3) is 5.91 Å². The number of hydrogen-bond acceptors (Lipinski definition) is 3. The highest BCUT2D eigenvalue weighted by atomic mass is 32.1. The molecule has 0 saturated heterocycles. The summed E-state index contributed by atoms with van der Waals surface area (Å²) in [4.78, 5) is 13.4. The molecule has 5 heteroatoms. The average Bonchev–Trinajstić information content (AvgIpc) is 3.08. The minimum atomic E-state index is -0.00490. The Hall–Kier alpha value is -1.62. The maximum absolute atomic E-state index is 12.3. The highest BCUT2D eigenvalue weighted by molar-refractivity contribution is 7.13. The van der Waals surface area contributed by atoms with E-state index in [1.807, 2.05) is 30.6 Å².